The molecule has 5 nitrogen and oxygen atoms in total. The fraction of sp³-hybridized carbons (Fsp3) is 0.310. The Kier molecular flexibility index (Phi) is 8.62. The van der Waals surface area contributed by atoms with E-state index in [1.54, 1.807) is 35.0 Å². The zero-order chi connectivity index (χ0) is 27.3. The molecule has 1 aliphatic heterocycles. The highest BCUT2D eigenvalue weighted by Crippen LogP contribution is 2.30. The van der Waals surface area contributed by atoms with E-state index in [4.69, 9.17) is 16.3 Å². The zero-order valence-electron chi connectivity index (χ0n) is 20.9. The van der Waals surface area contributed by atoms with Gasteiger partial charge in [-0.3, -0.25) is 9.59 Å². The molecule has 0 bridgehead atoms. The standard InChI is InChI=1S/C29H28ClF3N2O3/c1-34-15-5-6-16-35(27(36)21-9-11-22(12-10-21)29(31,32)33)24(17-20-7-3-2-4-8-20)19-38-26-14-13-23(30)18-25(26)28(34)37/h2-4,7-14,18,24H,5-6,15-17,19H2,1H3/t24-/m1/s1. The number of carbonyl (C=O) groups excluding carboxylic acids is 2. The lowest BCUT2D eigenvalue weighted by Gasteiger charge is -2.33. The molecule has 1 atom stereocenters. The number of carbonyl (C=O) groups is 2. The molecule has 2 amide bonds. The summed E-state index contributed by atoms with van der Waals surface area (Å²) in [5.74, 6) is -0.228. The largest absolute Gasteiger partial charge is 0.491 e. The number of amides is 2. The van der Waals surface area contributed by atoms with Crippen molar-refractivity contribution < 1.29 is 27.5 Å². The number of rotatable bonds is 3. The van der Waals surface area contributed by atoms with E-state index in [-0.39, 0.29) is 24.0 Å². The van der Waals surface area contributed by atoms with Gasteiger partial charge in [0.15, 0.2) is 0 Å². The van der Waals surface area contributed by atoms with Gasteiger partial charge in [0.1, 0.15) is 12.4 Å². The molecular formula is C29H28ClF3N2O3. The zero-order valence-corrected chi connectivity index (χ0v) is 21.6. The van der Waals surface area contributed by atoms with Gasteiger partial charge in [-0.15, -0.1) is 0 Å². The maximum absolute atomic E-state index is 13.7. The van der Waals surface area contributed by atoms with Crippen molar-refractivity contribution in [3.8, 4) is 5.75 Å². The number of hydrogen-bond donors (Lipinski definition) is 0. The molecule has 3 aromatic rings. The molecule has 200 valence electrons. The van der Waals surface area contributed by atoms with Crippen molar-refractivity contribution in [1.82, 2.24) is 9.80 Å². The van der Waals surface area contributed by atoms with Crippen LogP contribution in [-0.4, -0.2) is 54.4 Å². The minimum absolute atomic E-state index is 0.0763. The number of alkyl halides is 3. The van der Waals surface area contributed by atoms with Gasteiger partial charge in [-0.05, 0) is 67.3 Å². The molecule has 0 spiro atoms. The van der Waals surface area contributed by atoms with Crippen LogP contribution in [0, 0.1) is 0 Å². The Morgan fingerprint density at radius 3 is 2.37 bits per heavy atom. The summed E-state index contributed by atoms with van der Waals surface area (Å²) in [6.45, 7) is 0.888. The Hall–Kier alpha value is -3.52. The number of fused-ring (bicyclic) bond motifs is 1. The van der Waals surface area contributed by atoms with Gasteiger partial charge in [-0.1, -0.05) is 41.9 Å². The van der Waals surface area contributed by atoms with E-state index in [0.29, 0.717) is 48.7 Å². The third kappa shape index (κ3) is 6.67. The predicted molar refractivity (Wildman–Crippen MR) is 140 cm³/mol. The highest BCUT2D eigenvalue weighted by atomic mass is 35.5. The molecule has 9 heteroatoms. The Balaban J connectivity index is 1.69. The minimum Gasteiger partial charge on any atom is -0.491 e. The van der Waals surface area contributed by atoms with Crippen molar-refractivity contribution in [2.45, 2.75) is 31.5 Å². The lowest BCUT2D eigenvalue weighted by Crippen LogP contribution is -2.46. The first kappa shape index (κ1) is 27.5. The van der Waals surface area contributed by atoms with Gasteiger partial charge in [-0.25, -0.2) is 0 Å². The van der Waals surface area contributed by atoms with Crippen LogP contribution in [0.25, 0.3) is 0 Å². The van der Waals surface area contributed by atoms with Gasteiger partial charge >= 0.3 is 6.18 Å². The SMILES string of the molecule is CN1CCCCN(C(=O)c2ccc(C(F)(F)F)cc2)[C@H](Cc2ccccc2)COc2ccc(Cl)cc2C1=O. The second-order valence-corrected chi connectivity index (χ2v) is 9.74. The number of nitrogens with zero attached hydrogens (tertiary/aromatic N) is 2. The first-order chi connectivity index (χ1) is 18.1. The highest BCUT2D eigenvalue weighted by Gasteiger charge is 2.32. The summed E-state index contributed by atoms with van der Waals surface area (Å²) in [4.78, 5) is 30.0. The van der Waals surface area contributed by atoms with Crippen molar-refractivity contribution in [2.24, 2.45) is 0 Å². The van der Waals surface area contributed by atoms with Crippen molar-refractivity contribution in [3.05, 3.63) is 100 Å². The molecule has 0 radical (unpaired) electrons. The predicted octanol–water partition coefficient (Wildman–Crippen LogP) is 6.36. The van der Waals surface area contributed by atoms with Crippen LogP contribution in [0.3, 0.4) is 0 Å². The van der Waals surface area contributed by atoms with Crippen LogP contribution in [0.15, 0.2) is 72.8 Å². The van der Waals surface area contributed by atoms with Gasteiger partial charge in [-0.2, -0.15) is 13.2 Å². The average molecular weight is 545 g/mol. The Bertz CT molecular complexity index is 1270. The summed E-state index contributed by atoms with van der Waals surface area (Å²) < 4.78 is 45.4. The molecule has 0 saturated heterocycles. The smallest absolute Gasteiger partial charge is 0.416 e. The summed E-state index contributed by atoms with van der Waals surface area (Å²) in [5.41, 5.74) is 0.669. The van der Waals surface area contributed by atoms with Crippen molar-refractivity contribution in [2.75, 3.05) is 26.7 Å². The number of halogens is 4. The van der Waals surface area contributed by atoms with Crippen LogP contribution >= 0.6 is 11.6 Å². The van der Waals surface area contributed by atoms with E-state index in [1.165, 1.54) is 12.1 Å². The van der Waals surface area contributed by atoms with Crippen molar-refractivity contribution in [3.63, 3.8) is 0 Å². The van der Waals surface area contributed by atoms with Crippen LogP contribution in [0.1, 0.15) is 44.7 Å². The maximum atomic E-state index is 13.7. The Morgan fingerprint density at radius 2 is 1.68 bits per heavy atom. The second-order valence-electron chi connectivity index (χ2n) is 9.30. The normalized spacial score (nSPS) is 17.2. The van der Waals surface area contributed by atoms with Gasteiger partial charge in [0.2, 0.25) is 0 Å². The molecule has 38 heavy (non-hydrogen) atoms. The van der Waals surface area contributed by atoms with Gasteiger partial charge in [0.25, 0.3) is 11.8 Å². The van der Waals surface area contributed by atoms with Crippen molar-refractivity contribution in [1.29, 1.82) is 0 Å². The number of benzene rings is 3. The monoisotopic (exact) mass is 544 g/mol. The molecule has 0 N–H and O–H groups in total. The summed E-state index contributed by atoms with van der Waals surface area (Å²) in [6.07, 6.45) is -2.80. The molecule has 0 aromatic heterocycles. The first-order valence-electron chi connectivity index (χ1n) is 12.3. The highest BCUT2D eigenvalue weighted by molar-refractivity contribution is 6.31. The molecule has 1 aliphatic rings. The van der Waals surface area contributed by atoms with E-state index < -0.39 is 17.8 Å². The summed E-state index contributed by atoms with van der Waals surface area (Å²) in [6, 6.07) is 18.3. The van der Waals surface area contributed by atoms with E-state index in [1.807, 2.05) is 30.3 Å². The first-order valence-corrected chi connectivity index (χ1v) is 12.7. The lowest BCUT2D eigenvalue weighted by atomic mass is 10.0. The summed E-state index contributed by atoms with van der Waals surface area (Å²) in [5, 5.41) is 0.404. The van der Waals surface area contributed by atoms with E-state index in [2.05, 4.69) is 0 Å². The van der Waals surface area contributed by atoms with Crippen LogP contribution in [0.5, 0.6) is 5.75 Å². The fourth-order valence-electron chi connectivity index (χ4n) is 4.48. The molecule has 0 unspecified atom stereocenters. The fourth-order valence-corrected chi connectivity index (χ4v) is 4.65. The van der Waals surface area contributed by atoms with E-state index >= 15 is 0 Å². The Labute approximate surface area is 224 Å². The van der Waals surface area contributed by atoms with Crippen LogP contribution < -0.4 is 4.74 Å². The average Bonchev–Trinajstić information content (AvgIpc) is 2.90. The second kappa shape index (κ2) is 11.9. The molecule has 0 fully saturated rings. The topological polar surface area (TPSA) is 49.9 Å². The molecule has 1 heterocycles. The maximum Gasteiger partial charge on any atom is 0.416 e. The third-order valence-electron chi connectivity index (χ3n) is 6.57. The lowest BCUT2D eigenvalue weighted by molar-refractivity contribution is -0.137. The number of hydrogen-bond acceptors (Lipinski definition) is 3. The minimum atomic E-state index is -4.49. The molecule has 3 aromatic carbocycles. The van der Waals surface area contributed by atoms with Crippen LogP contribution in [0.2, 0.25) is 5.02 Å². The summed E-state index contributed by atoms with van der Waals surface area (Å²) in [7, 11) is 1.70. The van der Waals surface area contributed by atoms with E-state index in [0.717, 1.165) is 17.7 Å². The molecular weight excluding hydrogens is 517 g/mol. The number of ether oxygens (including phenoxy) is 1. The van der Waals surface area contributed by atoms with Gasteiger partial charge in [0, 0.05) is 30.7 Å². The molecule has 0 aliphatic carbocycles. The van der Waals surface area contributed by atoms with Gasteiger partial charge in [0.05, 0.1) is 17.2 Å². The van der Waals surface area contributed by atoms with Crippen LogP contribution in [0.4, 0.5) is 13.2 Å². The molecule has 4 rings (SSSR count). The Morgan fingerprint density at radius 1 is 1.00 bits per heavy atom. The van der Waals surface area contributed by atoms with Gasteiger partial charge < -0.3 is 14.5 Å². The summed E-state index contributed by atoms with van der Waals surface area (Å²) >= 11 is 6.17. The van der Waals surface area contributed by atoms with E-state index in [9.17, 15) is 22.8 Å². The van der Waals surface area contributed by atoms with Crippen molar-refractivity contribution >= 4 is 23.4 Å². The molecule has 0 saturated carbocycles. The third-order valence-corrected chi connectivity index (χ3v) is 6.80. The quantitative estimate of drug-likeness (QED) is 0.386. The van der Waals surface area contributed by atoms with Crippen LogP contribution in [-0.2, 0) is 12.6 Å².